The van der Waals surface area contributed by atoms with Crippen molar-refractivity contribution in [2.45, 2.75) is 129 Å². The van der Waals surface area contributed by atoms with Crippen molar-refractivity contribution in [3.63, 3.8) is 0 Å². The lowest BCUT2D eigenvalue weighted by molar-refractivity contribution is 0.0145. The zero-order valence-corrected chi connectivity index (χ0v) is 17.4. The van der Waals surface area contributed by atoms with Crippen molar-refractivity contribution in [1.82, 2.24) is 0 Å². The van der Waals surface area contributed by atoms with Crippen LogP contribution in [0.4, 0.5) is 0 Å². The molecule has 0 atom stereocenters. The van der Waals surface area contributed by atoms with Gasteiger partial charge in [0.15, 0.2) is 0 Å². The van der Waals surface area contributed by atoms with Gasteiger partial charge in [-0.3, -0.25) is 0 Å². The fraction of sp³-hybridized carbons (Fsp3) is 1.00. The van der Waals surface area contributed by atoms with Crippen molar-refractivity contribution >= 4 is 0 Å². The Morgan fingerprint density at radius 1 is 0.560 bits per heavy atom. The molecule has 2 saturated carbocycles. The molecule has 0 bridgehead atoms. The van der Waals surface area contributed by atoms with E-state index in [4.69, 9.17) is 4.74 Å². The van der Waals surface area contributed by atoms with Gasteiger partial charge in [-0.15, -0.1) is 0 Å². The van der Waals surface area contributed by atoms with Gasteiger partial charge in [0.05, 0.1) is 6.10 Å². The molecule has 0 aliphatic heterocycles. The zero-order valence-electron chi connectivity index (χ0n) is 17.4. The first kappa shape index (κ1) is 21.3. The van der Waals surface area contributed by atoms with Crippen LogP contribution in [0.2, 0.25) is 0 Å². The molecule has 0 heterocycles. The quantitative estimate of drug-likeness (QED) is 0.325. The van der Waals surface area contributed by atoms with Crippen molar-refractivity contribution in [2.75, 3.05) is 6.61 Å². The van der Waals surface area contributed by atoms with Crippen LogP contribution in [0.1, 0.15) is 123 Å². The van der Waals surface area contributed by atoms with Crippen LogP contribution in [0.25, 0.3) is 0 Å². The summed E-state index contributed by atoms with van der Waals surface area (Å²) >= 11 is 0. The standard InChI is InChI=1S/C24H46O/c1-3-5-7-8-20-25-24-18-16-23(17-19-24)15-14-22-12-10-21(11-13-22)9-6-4-2/h21-24H,3-20H2,1-2H3/t21-,22-,23-,24-. The third-order valence-corrected chi connectivity index (χ3v) is 7.06. The maximum Gasteiger partial charge on any atom is 0.0575 e. The Hall–Kier alpha value is -0.0400. The molecule has 0 saturated heterocycles. The average Bonchev–Trinajstić information content (AvgIpc) is 2.66. The van der Waals surface area contributed by atoms with Crippen LogP contribution < -0.4 is 0 Å². The van der Waals surface area contributed by atoms with E-state index in [0.717, 1.165) is 24.4 Å². The number of hydrogen-bond donors (Lipinski definition) is 0. The summed E-state index contributed by atoms with van der Waals surface area (Å²) in [5.41, 5.74) is 0. The summed E-state index contributed by atoms with van der Waals surface area (Å²) in [6, 6.07) is 0. The zero-order chi connectivity index (χ0) is 17.7. The Balaban J connectivity index is 1.47. The van der Waals surface area contributed by atoms with Crippen molar-refractivity contribution in [1.29, 1.82) is 0 Å². The summed E-state index contributed by atoms with van der Waals surface area (Å²) in [7, 11) is 0. The van der Waals surface area contributed by atoms with E-state index < -0.39 is 0 Å². The highest BCUT2D eigenvalue weighted by Gasteiger charge is 2.24. The minimum Gasteiger partial charge on any atom is -0.378 e. The second-order valence-corrected chi connectivity index (χ2v) is 9.18. The van der Waals surface area contributed by atoms with E-state index in [1.807, 2.05) is 0 Å². The van der Waals surface area contributed by atoms with Crippen LogP contribution in [0.5, 0.6) is 0 Å². The van der Waals surface area contributed by atoms with E-state index >= 15 is 0 Å². The van der Waals surface area contributed by atoms with Gasteiger partial charge < -0.3 is 4.74 Å². The molecule has 0 aromatic carbocycles. The number of rotatable bonds is 12. The summed E-state index contributed by atoms with van der Waals surface area (Å²) in [4.78, 5) is 0. The molecular formula is C24H46O. The first-order chi connectivity index (χ1) is 12.3. The van der Waals surface area contributed by atoms with Gasteiger partial charge in [-0.2, -0.15) is 0 Å². The molecule has 2 rings (SSSR count). The first-order valence-electron chi connectivity index (χ1n) is 11.9. The predicted octanol–water partition coefficient (Wildman–Crippen LogP) is 7.92. The Bertz CT molecular complexity index is 297. The van der Waals surface area contributed by atoms with E-state index in [2.05, 4.69) is 13.8 Å². The molecule has 1 nitrogen and oxygen atoms in total. The van der Waals surface area contributed by atoms with Gasteiger partial charge in [0, 0.05) is 6.61 Å². The van der Waals surface area contributed by atoms with E-state index in [9.17, 15) is 0 Å². The summed E-state index contributed by atoms with van der Waals surface area (Å²) in [6.45, 7) is 5.62. The van der Waals surface area contributed by atoms with Crippen molar-refractivity contribution in [3.05, 3.63) is 0 Å². The Morgan fingerprint density at radius 2 is 1.08 bits per heavy atom. The second-order valence-electron chi connectivity index (χ2n) is 9.18. The molecule has 148 valence electrons. The monoisotopic (exact) mass is 350 g/mol. The fourth-order valence-electron chi connectivity index (χ4n) is 5.14. The molecule has 0 N–H and O–H groups in total. The highest BCUT2D eigenvalue weighted by atomic mass is 16.5. The van der Waals surface area contributed by atoms with Gasteiger partial charge in [-0.25, -0.2) is 0 Å². The van der Waals surface area contributed by atoms with Crippen LogP contribution in [0.15, 0.2) is 0 Å². The van der Waals surface area contributed by atoms with E-state index in [1.165, 1.54) is 109 Å². The largest absolute Gasteiger partial charge is 0.378 e. The maximum absolute atomic E-state index is 6.12. The molecule has 0 aromatic rings. The van der Waals surface area contributed by atoms with Gasteiger partial charge in [0.1, 0.15) is 0 Å². The predicted molar refractivity (Wildman–Crippen MR) is 110 cm³/mol. The highest BCUT2D eigenvalue weighted by Crippen LogP contribution is 2.37. The topological polar surface area (TPSA) is 9.23 Å². The van der Waals surface area contributed by atoms with Crippen LogP contribution in [-0.2, 0) is 4.74 Å². The molecule has 0 amide bonds. The molecule has 1 heteroatoms. The first-order valence-corrected chi connectivity index (χ1v) is 11.9. The van der Waals surface area contributed by atoms with Gasteiger partial charge in [0.2, 0.25) is 0 Å². The molecule has 2 aliphatic rings. The summed E-state index contributed by atoms with van der Waals surface area (Å²) < 4.78 is 6.12. The van der Waals surface area contributed by atoms with E-state index in [0.29, 0.717) is 6.10 Å². The number of hydrogen-bond acceptors (Lipinski definition) is 1. The third kappa shape index (κ3) is 8.94. The fourth-order valence-corrected chi connectivity index (χ4v) is 5.14. The molecule has 0 radical (unpaired) electrons. The average molecular weight is 351 g/mol. The lowest BCUT2D eigenvalue weighted by atomic mass is 9.76. The highest BCUT2D eigenvalue weighted by molar-refractivity contribution is 4.77. The van der Waals surface area contributed by atoms with Crippen LogP contribution in [0, 0.1) is 17.8 Å². The SMILES string of the molecule is CCCCCCO[C@H]1CC[C@H](CC[C@H]2CC[C@H](CCCC)CC2)CC1. The van der Waals surface area contributed by atoms with E-state index in [1.54, 1.807) is 0 Å². The molecule has 0 spiro atoms. The lowest BCUT2D eigenvalue weighted by Gasteiger charge is -2.32. The van der Waals surface area contributed by atoms with Crippen LogP contribution in [0.3, 0.4) is 0 Å². The minimum absolute atomic E-state index is 0.590. The van der Waals surface area contributed by atoms with Gasteiger partial charge in [0.25, 0.3) is 0 Å². The molecule has 0 aromatic heterocycles. The Morgan fingerprint density at radius 3 is 1.64 bits per heavy atom. The van der Waals surface area contributed by atoms with Gasteiger partial charge in [-0.05, 0) is 49.9 Å². The van der Waals surface area contributed by atoms with Gasteiger partial charge >= 0.3 is 0 Å². The molecule has 2 fully saturated rings. The summed E-state index contributed by atoms with van der Waals surface area (Å²) in [5, 5.41) is 0. The number of unbranched alkanes of at least 4 members (excludes halogenated alkanes) is 4. The minimum atomic E-state index is 0.590. The number of ether oxygens (including phenoxy) is 1. The smallest absolute Gasteiger partial charge is 0.0575 e. The third-order valence-electron chi connectivity index (χ3n) is 7.06. The van der Waals surface area contributed by atoms with Crippen molar-refractivity contribution in [3.8, 4) is 0 Å². The van der Waals surface area contributed by atoms with Crippen LogP contribution in [-0.4, -0.2) is 12.7 Å². The molecule has 25 heavy (non-hydrogen) atoms. The lowest BCUT2D eigenvalue weighted by Crippen LogP contribution is -2.23. The second kappa shape index (κ2) is 13.2. The summed E-state index contributed by atoms with van der Waals surface area (Å²) in [6.07, 6.45) is 25.0. The van der Waals surface area contributed by atoms with Crippen molar-refractivity contribution < 1.29 is 4.74 Å². The maximum atomic E-state index is 6.12. The van der Waals surface area contributed by atoms with E-state index in [-0.39, 0.29) is 0 Å². The van der Waals surface area contributed by atoms with Gasteiger partial charge in [-0.1, -0.05) is 90.9 Å². The van der Waals surface area contributed by atoms with Crippen molar-refractivity contribution in [2.24, 2.45) is 17.8 Å². The molecular weight excluding hydrogens is 304 g/mol. The van der Waals surface area contributed by atoms with Crippen LogP contribution >= 0.6 is 0 Å². The Labute approximate surface area is 158 Å². The normalized spacial score (nSPS) is 30.5. The molecule has 2 aliphatic carbocycles. The molecule has 0 unspecified atom stereocenters. The summed E-state index contributed by atoms with van der Waals surface area (Å²) in [5.74, 6) is 3.14. The Kier molecular flexibility index (Phi) is 11.2.